The number of rotatable bonds is 5. The molecule has 0 fully saturated rings. The van der Waals surface area contributed by atoms with Gasteiger partial charge in [-0.05, 0) is 17.7 Å². The average Bonchev–Trinajstić information content (AvgIpc) is 2.53. The largest absolute Gasteiger partial charge is 0.507 e. The van der Waals surface area contributed by atoms with E-state index < -0.39 is 0 Å². The number of ketones is 1. The fourth-order valence-corrected chi connectivity index (χ4v) is 1.89. The molecule has 0 aliphatic heterocycles. The highest BCUT2D eigenvalue weighted by atomic mass is 16.5. The van der Waals surface area contributed by atoms with Crippen molar-refractivity contribution in [3.8, 4) is 17.2 Å². The number of hydrogen-bond acceptors (Lipinski definition) is 4. The zero-order valence-corrected chi connectivity index (χ0v) is 11.9. The number of benzene rings is 2. The summed E-state index contributed by atoms with van der Waals surface area (Å²) in [6, 6.07) is 12.3. The maximum absolute atomic E-state index is 12.2. The Morgan fingerprint density at radius 3 is 2.29 bits per heavy atom. The molecule has 4 heteroatoms. The molecule has 21 heavy (non-hydrogen) atoms. The molecule has 0 saturated carbocycles. The summed E-state index contributed by atoms with van der Waals surface area (Å²) in [6.45, 7) is 0. The number of allylic oxidation sites excluding steroid dienone is 1. The molecule has 0 atom stereocenters. The average molecular weight is 284 g/mol. The standard InChI is InChI=1S/C17H16O4/c1-20-16-10-13(15(19)11-17(16)21-2)14(18)9-8-12-6-4-3-5-7-12/h3-11,19H,1-2H3/b9-8+. The summed E-state index contributed by atoms with van der Waals surface area (Å²) >= 11 is 0. The Morgan fingerprint density at radius 2 is 1.67 bits per heavy atom. The highest BCUT2D eigenvalue weighted by Crippen LogP contribution is 2.34. The van der Waals surface area contributed by atoms with Crippen LogP contribution < -0.4 is 9.47 Å². The minimum Gasteiger partial charge on any atom is -0.507 e. The maximum atomic E-state index is 12.2. The van der Waals surface area contributed by atoms with Gasteiger partial charge >= 0.3 is 0 Å². The smallest absolute Gasteiger partial charge is 0.189 e. The summed E-state index contributed by atoms with van der Waals surface area (Å²) in [5.41, 5.74) is 1.07. The first kappa shape index (κ1) is 14.7. The first-order chi connectivity index (χ1) is 10.2. The lowest BCUT2D eigenvalue weighted by molar-refractivity contribution is 0.104. The minimum atomic E-state index is -0.308. The third-order valence-corrected chi connectivity index (χ3v) is 2.99. The van der Waals surface area contributed by atoms with E-state index in [-0.39, 0.29) is 17.1 Å². The van der Waals surface area contributed by atoms with Gasteiger partial charge in [0.15, 0.2) is 17.3 Å². The van der Waals surface area contributed by atoms with Crippen LogP contribution in [0.2, 0.25) is 0 Å². The van der Waals surface area contributed by atoms with Crippen molar-refractivity contribution in [1.29, 1.82) is 0 Å². The second-order valence-electron chi connectivity index (χ2n) is 4.33. The summed E-state index contributed by atoms with van der Waals surface area (Å²) in [5.74, 6) is 0.318. The topological polar surface area (TPSA) is 55.8 Å². The van der Waals surface area contributed by atoms with Crippen molar-refractivity contribution >= 4 is 11.9 Å². The van der Waals surface area contributed by atoms with Crippen LogP contribution in [-0.4, -0.2) is 25.1 Å². The molecule has 2 rings (SSSR count). The number of carbonyl (C=O) groups excluding carboxylic acids is 1. The van der Waals surface area contributed by atoms with Gasteiger partial charge in [-0.2, -0.15) is 0 Å². The maximum Gasteiger partial charge on any atom is 0.189 e. The molecule has 0 unspecified atom stereocenters. The number of aromatic hydroxyl groups is 1. The van der Waals surface area contributed by atoms with Gasteiger partial charge in [0.05, 0.1) is 19.8 Å². The minimum absolute atomic E-state index is 0.143. The molecule has 0 aromatic heterocycles. The van der Waals surface area contributed by atoms with Crippen molar-refractivity contribution in [2.75, 3.05) is 14.2 Å². The molecule has 2 aromatic rings. The Labute approximate surface area is 123 Å². The number of carbonyl (C=O) groups is 1. The zero-order valence-electron chi connectivity index (χ0n) is 11.9. The highest BCUT2D eigenvalue weighted by molar-refractivity contribution is 6.09. The van der Waals surface area contributed by atoms with Gasteiger partial charge in [0, 0.05) is 6.07 Å². The number of phenols is 1. The molecule has 0 spiro atoms. The Hall–Kier alpha value is -2.75. The van der Waals surface area contributed by atoms with E-state index in [4.69, 9.17) is 9.47 Å². The molecular formula is C17H16O4. The monoisotopic (exact) mass is 284 g/mol. The van der Waals surface area contributed by atoms with Crippen LogP contribution in [-0.2, 0) is 0 Å². The van der Waals surface area contributed by atoms with Crippen LogP contribution in [0.15, 0.2) is 48.5 Å². The van der Waals surface area contributed by atoms with E-state index in [0.717, 1.165) is 5.56 Å². The van der Waals surface area contributed by atoms with Crippen LogP contribution in [0.25, 0.3) is 6.08 Å². The van der Waals surface area contributed by atoms with Crippen molar-refractivity contribution in [2.45, 2.75) is 0 Å². The van der Waals surface area contributed by atoms with Gasteiger partial charge in [-0.3, -0.25) is 4.79 Å². The van der Waals surface area contributed by atoms with Gasteiger partial charge in [-0.1, -0.05) is 36.4 Å². The molecular weight excluding hydrogens is 268 g/mol. The van der Waals surface area contributed by atoms with Gasteiger partial charge in [0.2, 0.25) is 0 Å². The quantitative estimate of drug-likeness (QED) is 0.676. The summed E-state index contributed by atoms with van der Waals surface area (Å²) in [7, 11) is 2.94. The first-order valence-electron chi connectivity index (χ1n) is 6.38. The van der Waals surface area contributed by atoms with Gasteiger partial charge in [-0.25, -0.2) is 0 Å². The molecule has 0 bridgehead atoms. The van der Waals surface area contributed by atoms with Crippen molar-refractivity contribution in [3.05, 3.63) is 59.7 Å². The van der Waals surface area contributed by atoms with Crippen LogP contribution in [0.1, 0.15) is 15.9 Å². The van der Waals surface area contributed by atoms with E-state index in [1.54, 1.807) is 6.08 Å². The van der Waals surface area contributed by atoms with Crippen molar-refractivity contribution < 1.29 is 19.4 Å². The second-order valence-corrected chi connectivity index (χ2v) is 4.33. The molecule has 4 nitrogen and oxygen atoms in total. The van der Waals surface area contributed by atoms with Crippen molar-refractivity contribution in [1.82, 2.24) is 0 Å². The normalized spacial score (nSPS) is 10.6. The fraction of sp³-hybridized carbons (Fsp3) is 0.118. The van der Waals surface area contributed by atoms with Gasteiger partial charge in [0.25, 0.3) is 0 Å². The molecule has 0 radical (unpaired) electrons. The summed E-state index contributed by atoms with van der Waals surface area (Å²) in [5, 5.41) is 9.92. The van der Waals surface area contributed by atoms with Crippen molar-refractivity contribution in [3.63, 3.8) is 0 Å². The van der Waals surface area contributed by atoms with E-state index in [1.165, 1.54) is 32.4 Å². The molecule has 0 aliphatic carbocycles. The van der Waals surface area contributed by atoms with Crippen LogP contribution in [0.5, 0.6) is 17.2 Å². The third-order valence-electron chi connectivity index (χ3n) is 2.99. The van der Waals surface area contributed by atoms with Crippen molar-refractivity contribution in [2.24, 2.45) is 0 Å². The molecule has 1 N–H and O–H groups in total. The fourth-order valence-electron chi connectivity index (χ4n) is 1.89. The van der Waals surface area contributed by atoms with Crippen LogP contribution in [0.3, 0.4) is 0 Å². The predicted molar refractivity (Wildman–Crippen MR) is 81.0 cm³/mol. The Balaban J connectivity index is 2.29. The van der Waals surface area contributed by atoms with E-state index in [9.17, 15) is 9.90 Å². The highest BCUT2D eigenvalue weighted by Gasteiger charge is 2.14. The Kier molecular flexibility index (Phi) is 4.61. The Morgan fingerprint density at radius 1 is 1.05 bits per heavy atom. The molecule has 0 heterocycles. The number of methoxy groups -OCH3 is 2. The molecule has 0 saturated heterocycles. The summed E-state index contributed by atoms with van der Waals surface area (Å²) in [4.78, 5) is 12.2. The molecule has 0 aliphatic rings. The van der Waals surface area contributed by atoms with E-state index >= 15 is 0 Å². The lowest BCUT2D eigenvalue weighted by Crippen LogP contribution is -1.98. The van der Waals surface area contributed by atoms with E-state index in [1.807, 2.05) is 30.3 Å². The van der Waals surface area contributed by atoms with Gasteiger partial charge in [0.1, 0.15) is 5.75 Å². The van der Waals surface area contributed by atoms with E-state index in [2.05, 4.69) is 0 Å². The van der Waals surface area contributed by atoms with Gasteiger partial charge < -0.3 is 14.6 Å². The number of phenolic OH excluding ortho intramolecular Hbond substituents is 1. The Bertz CT molecular complexity index is 660. The van der Waals surface area contributed by atoms with Crippen LogP contribution >= 0.6 is 0 Å². The predicted octanol–water partition coefficient (Wildman–Crippen LogP) is 3.31. The summed E-state index contributed by atoms with van der Waals surface area (Å²) < 4.78 is 10.2. The third kappa shape index (κ3) is 3.42. The summed E-state index contributed by atoms with van der Waals surface area (Å²) in [6.07, 6.45) is 3.11. The number of ether oxygens (including phenoxy) is 2. The second kappa shape index (κ2) is 6.61. The zero-order chi connectivity index (χ0) is 15.2. The lowest BCUT2D eigenvalue weighted by atomic mass is 10.1. The molecule has 108 valence electrons. The van der Waals surface area contributed by atoms with Crippen LogP contribution in [0, 0.1) is 0 Å². The molecule has 2 aromatic carbocycles. The molecule has 0 amide bonds. The first-order valence-corrected chi connectivity index (χ1v) is 6.38. The van der Waals surface area contributed by atoms with Gasteiger partial charge in [-0.15, -0.1) is 0 Å². The lowest BCUT2D eigenvalue weighted by Gasteiger charge is -2.10. The SMILES string of the molecule is COc1cc(O)c(C(=O)/C=C/c2ccccc2)cc1OC. The van der Waals surface area contributed by atoms with Crippen LogP contribution in [0.4, 0.5) is 0 Å². The van der Waals surface area contributed by atoms with E-state index in [0.29, 0.717) is 11.5 Å². The number of hydrogen-bond donors (Lipinski definition) is 1.